The molecule has 0 saturated heterocycles. The van der Waals surface area contributed by atoms with E-state index in [2.05, 4.69) is 37.0 Å². The fourth-order valence-corrected chi connectivity index (χ4v) is 2.17. The molecule has 0 aliphatic carbocycles. The van der Waals surface area contributed by atoms with E-state index in [0.717, 1.165) is 18.8 Å². The molecule has 0 saturated carbocycles. The smallest absolute Gasteiger partial charge is 0.0324 e. The first-order valence-corrected chi connectivity index (χ1v) is 5.92. The Kier molecular flexibility index (Phi) is 3.30. The molecule has 0 fully saturated rings. The Bertz CT molecular complexity index is 395. The van der Waals surface area contributed by atoms with Gasteiger partial charge >= 0.3 is 0 Å². The number of anilines is 1. The molecular weight excluding hydrogens is 196 g/mol. The Morgan fingerprint density at radius 2 is 2.19 bits per heavy atom. The van der Waals surface area contributed by atoms with E-state index in [0.29, 0.717) is 6.04 Å². The van der Waals surface area contributed by atoms with Gasteiger partial charge in [-0.05, 0) is 38.0 Å². The lowest BCUT2D eigenvalue weighted by molar-refractivity contribution is 0.227. The summed E-state index contributed by atoms with van der Waals surface area (Å²) >= 11 is 0. The summed E-state index contributed by atoms with van der Waals surface area (Å²) in [4.78, 5) is 2.49. The maximum absolute atomic E-state index is 5.82. The molecule has 1 atom stereocenters. The minimum absolute atomic E-state index is 0.452. The average molecular weight is 216 g/mol. The summed E-state index contributed by atoms with van der Waals surface area (Å²) in [5, 5.41) is 0. The molecule has 0 aromatic heterocycles. The van der Waals surface area contributed by atoms with Gasteiger partial charge in [-0.1, -0.05) is 23.8 Å². The minimum Gasteiger partial charge on any atom is -0.399 e. The maximum atomic E-state index is 5.82. The monoisotopic (exact) mass is 216 g/mol. The highest BCUT2D eigenvalue weighted by Crippen LogP contribution is 2.24. The highest BCUT2D eigenvalue weighted by molar-refractivity contribution is 5.41. The van der Waals surface area contributed by atoms with E-state index in [1.807, 2.05) is 12.1 Å². The normalized spacial score (nSPS) is 19.2. The van der Waals surface area contributed by atoms with Crippen LogP contribution in [0.3, 0.4) is 0 Å². The van der Waals surface area contributed by atoms with Crippen LogP contribution in [0.4, 0.5) is 5.69 Å². The van der Waals surface area contributed by atoms with Crippen molar-refractivity contribution in [1.29, 1.82) is 0 Å². The highest BCUT2D eigenvalue weighted by Gasteiger charge is 2.17. The number of nitrogens with zero attached hydrogens (tertiary/aromatic N) is 1. The van der Waals surface area contributed by atoms with Crippen LogP contribution in [0.25, 0.3) is 0 Å². The van der Waals surface area contributed by atoms with E-state index in [1.54, 1.807) is 0 Å². The highest BCUT2D eigenvalue weighted by atomic mass is 15.1. The van der Waals surface area contributed by atoms with Gasteiger partial charge in [-0.3, -0.25) is 4.90 Å². The summed E-state index contributed by atoms with van der Waals surface area (Å²) in [5.41, 5.74) is 9.50. The van der Waals surface area contributed by atoms with Crippen molar-refractivity contribution in [1.82, 2.24) is 4.90 Å². The van der Waals surface area contributed by atoms with Gasteiger partial charge in [0, 0.05) is 24.8 Å². The largest absolute Gasteiger partial charge is 0.399 e. The van der Waals surface area contributed by atoms with E-state index in [9.17, 15) is 0 Å². The third-order valence-corrected chi connectivity index (χ3v) is 3.41. The molecule has 1 heterocycles. The van der Waals surface area contributed by atoms with Crippen LogP contribution in [-0.2, 0) is 0 Å². The second-order valence-electron chi connectivity index (χ2n) is 4.64. The van der Waals surface area contributed by atoms with Gasteiger partial charge < -0.3 is 5.73 Å². The Morgan fingerprint density at radius 3 is 2.81 bits per heavy atom. The van der Waals surface area contributed by atoms with Gasteiger partial charge in [0.05, 0.1) is 0 Å². The number of benzene rings is 1. The van der Waals surface area contributed by atoms with Crippen LogP contribution in [0.15, 0.2) is 35.9 Å². The number of nitrogens with two attached hydrogens (primary N) is 1. The fraction of sp³-hybridized carbons (Fsp3) is 0.429. The Labute approximate surface area is 97.8 Å². The third kappa shape index (κ3) is 2.45. The molecule has 0 amide bonds. The van der Waals surface area contributed by atoms with Crippen LogP contribution in [-0.4, -0.2) is 18.0 Å². The summed E-state index contributed by atoms with van der Waals surface area (Å²) in [6, 6.07) is 8.66. The third-order valence-electron chi connectivity index (χ3n) is 3.41. The van der Waals surface area contributed by atoms with E-state index in [-0.39, 0.29) is 0 Å². The van der Waals surface area contributed by atoms with E-state index in [4.69, 9.17) is 5.73 Å². The molecule has 2 nitrogen and oxygen atoms in total. The molecule has 2 heteroatoms. The van der Waals surface area contributed by atoms with Crippen molar-refractivity contribution in [2.75, 3.05) is 18.8 Å². The van der Waals surface area contributed by atoms with Gasteiger partial charge in [0.25, 0.3) is 0 Å². The van der Waals surface area contributed by atoms with Gasteiger partial charge in [0.2, 0.25) is 0 Å². The lowest BCUT2D eigenvalue weighted by atomic mass is 10.0. The first-order valence-electron chi connectivity index (χ1n) is 5.92. The first kappa shape index (κ1) is 11.2. The average Bonchev–Trinajstić information content (AvgIpc) is 2.29. The van der Waals surface area contributed by atoms with Crippen LogP contribution >= 0.6 is 0 Å². The van der Waals surface area contributed by atoms with Crippen molar-refractivity contribution in [3.05, 3.63) is 41.5 Å². The summed E-state index contributed by atoms with van der Waals surface area (Å²) < 4.78 is 0. The molecular formula is C14H20N2. The molecule has 1 aromatic rings. The lowest BCUT2D eigenvalue weighted by Gasteiger charge is -2.31. The molecule has 2 N–H and O–H groups in total. The van der Waals surface area contributed by atoms with Crippen LogP contribution in [0.2, 0.25) is 0 Å². The standard InChI is InChI=1S/C14H20N2/c1-11-6-8-16(9-7-11)12(2)13-4-3-5-14(15)10-13/h3-6,10,12H,7-9,15H2,1-2H3. The van der Waals surface area contributed by atoms with Crippen molar-refractivity contribution in [2.45, 2.75) is 26.3 Å². The minimum atomic E-state index is 0.452. The number of nitrogen functional groups attached to an aromatic ring is 1. The van der Waals surface area contributed by atoms with Gasteiger partial charge in [-0.15, -0.1) is 0 Å². The fourth-order valence-electron chi connectivity index (χ4n) is 2.17. The van der Waals surface area contributed by atoms with Gasteiger partial charge in [0.1, 0.15) is 0 Å². The van der Waals surface area contributed by atoms with Gasteiger partial charge in [-0.25, -0.2) is 0 Å². The molecule has 1 aliphatic heterocycles. The SMILES string of the molecule is CC1=CCN(C(C)c2cccc(N)c2)CC1. The van der Waals surface area contributed by atoms with Crippen molar-refractivity contribution >= 4 is 5.69 Å². The van der Waals surface area contributed by atoms with Crippen molar-refractivity contribution in [3.63, 3.8) is 0 Å². The quantitative estimate of drug-likeness (QED) is 0.608. The zero-order valence-electron chi connectivity index (χ0n) is 10.1. The molecule has 86 valence electrons. The Morgan fingerprint density at radius 1 is 1.38 bits per heavy atom. The second-order valence-corrected chi connectivity index (χ2v) is 4.64. The second kappa shape index (κ2) is 4.71. The van der Waals surface area contributed by atoms with E-state index < -0.39 is 0 Å². The zero-order valence-corrected chi connectivity index (χ0v) is 10.1. The topological polar surface area (TPSA) is 29.3 Å². The number of hydrogen-bond acceptors (Lipinski definition) is 2. The van der Waals surface area contributed by atoms with E-state index in [1.165, 1.54) is 17.6 Å². The predicted molar refractivity (Wildman–Crippen MR) is 69.2 cm³/mol. The summed E-state index contributed by atoms with van der Waals surface area (Å²) in [5.74, 6) is 0. The Hall–Kier alpha value is -1.28. The number of rotatable bonds is 2. The van der Waals surface area contributed by atoms with Crippen molar-refractivity contribution in [2.24, 2.45) is 0 Å². The van der Waals surface area contributed by atoms with Crippen molar-refractivity contribution < 1.29 is 0 Å². The molecule has 16 heavy (non-hydrogen) atoms. The summed E-state index contributed by atoms with van der Waals surface area (Å²) in [6.07, 6.45) is 3.51. The first-order chi connectivity index (χ1) is 7.66. The zero-order chi connectivity index (χ0) is 11.5. The maximum Gasteiger partial charge on any atom is 0.0324 e. The van der Waals surface area contributed by atoms with Crippen LogP contribution in [0, 0.1) is 0 Å². The molecule has 0 bridgehead atoms. The molecule has 0 radical (unpaired) electrons. The number of hydrogen-bond donors (Lipinski definition) is 1. The molecule has 2 rings (SSSR count). The Balaban J connectivity index is 2.10. The van der Waals surface area contributed by atoms with Crippen LogP contribution in [0.5, 0.6) is 0 Å². The molecule has 1 aromatic carbocycles. The summed E-state index contributed by atoms with van der Waals surface area (Å²) in [7, 11) is 0. The van der Waals surface area contributed by atoms with E-state index >= 15 is 0 Å². The molecule has 1 aliphatic rings. The van der Waals surface area contributed by atoms with Gasteiger partial charge in [-0.2, -0.15) is 0 Å². The summed E-state index contributed by atoms with van der Waals surface area (Å²) in [6.45, 7) is 6.67. The van der Waals surface area contributed by atoms with Crippen molar-refractivity contribution in [3.8, 4) is 0 Å². The molecule has 1 unspecified atom stereocenters. The van der Waals surface area contributed by atoms with Crippen LogP contribution in [0.1, 0.15) is 31.9 Å². The van der Waals surface area contributed by atoms with Gasteiger partial charge in [0.15, 0.2) is 0 Å². The molecule has 0 spiro atoms. The van der Waals surface area contributed by atoms with Crippen LogP contribution < -0.4 is 5.73 Å². The lowest BCUT2D eigenvalue weighted by Crippen LogP contribution is -2.31. The predicted octanol–water partition coefficient (Wildman–Crippen LogP) is 2.98.